The molecule has 0 saturated carbocycles. The van der Waals surface area contributed by atoms with Gasteiger partial charge in [0.05, 0.1) is 10.0 Å². The third kappa shape index (κ3) is 7.34. The summed E-state index contributed by atoms with van der Waals surface area (Å²) in [4.78, 5) is 0. The van der Waals surface area contributed by atoms with Crippen LogP contribution in [0.4, 0.5) is 0 Å². The minimum atomic E-state index is -0.551. The van der Waals surface area contributed by atoms with E-state index in [4.69, 9.17) is 27.9 Å². The van der Waals surface area contributed by atoms with E-state index in [-0.39, 0.29) is 6.61 Å². The van der Waals surface area contributed by atoms with Gasteiger partial charge >= 0.3 is 0 Å². The van der Waals surface area contributed by atoms with E-state index in [9.17, 15) is 5.11 Å². The molecule has 3 nitrogen and oxygen atoms in total. The standard InChI is InChI=1S/C15H23Cl2NO2/c1-15(2,3)6-7-18-9-11(19)10-20-12-4-5-13(16)14(17)8-12/h4-5,8,11,18-19H,6-7,9-10H2,1-3H3. The molecule has 0 spiro atoms. The number of hydrogen-bond acceptors (Lipinski definition) is 3. The highest BCUT2D eigenvalue weighted by Crippen LogP contribution is 2.26. The van der Waals surface area contributed by atoms with Crippen molar-refractivity contribution in [3.8, 4) is 5.75 Å². The fourth-order valence-electron chi connectivity index (χ4n) is 1.55. The van der Waals surface area contributed by atoms with Gasteiger partial charge in [-0.05, 0) is 30.5 Å². The van der Waals surface area contributed by atoms with Crippen LogP contribution in [0.3, 0.4) is 0 Å². The van der Waals surface area contributed by atoms with Crippen molar-refractivity contribution in [1.82, 2.24) is 5.32 Å². The van der Waals surface area contributed by atoms with E-state index in [0.29, 0.717) is 27.8 Å². The fourth-order valence-corrected chi connectivity index (χ4v) is 1.84. The van der Waals surface area contributed by atoms with Crippen molar-refractivity contribution in [3.05, 3.63) is 28.2 Å². The topological polar surface area (TPSA) is 41.5 Å². The van der Waals surface area contributed by atoms with Crippen LogP contribution in [-0.2, 0) is 0 Å². The summed E-state index contributed by atoms with van der Waals surface area (Å²) in [6, 6.07) is 5.05. The van der Waals surface area contributed by atoms with E-state index in [1.165, 1.54) is 0 Å². The Bertz CT molecular complexity index is 419. The van der Waals surface area contributed by atoms with Crippen LogP contribution >= 0.6 is 23.2 Å². The summed E-state index contributed by atoms with van der Waals surface area (Å²) < 4.78 is 5.47. The number of aliphatic hydroxyl groups excluding tert-OH is 1. The van der Waals surface area contributed by atoms with Crippen LogP contribution in [0, 0.1) is 5.41 Å². The van der Waals surface area contributed by atoms with Crippen molar-refractivity contribution in [2.75, 3.05) is 19.7 Å². The molecular weight excluding hydrogens is 297 g/mol. The highest BCUT2D eigenvalue weighted by atomic mass is 35.5. The van der Waals surface area contributed by atoms with Crippen LogP contribution in [0.1, 0.15) is 27.2 Å². The Morgan fingerprint density at radius 3 is 2.55 bits per heavy atom. The van der Waals surface area contributed by atoms with Gasteiger partial charge in [-0.1, -0.05) is 44.0 Å². The van der Waals surface area contributed by atoms with Crippen molar-refractivity contribution in [2.24, 2.45) is 5.41 Å². The second kappa shape index (κ2) is 8.08. The lowest BCUT2D eigenvalue weighted by atomic mass is 9.92. The molecule has 0 bridgehead atoms. The van der Waals surface area contributed by atoms with Gasteiger partial charge in [0.2, 0.25) is 0 Å². The normalized spacial score (nSPS) is 13.3. The van der Waals surface area contributed by atoms with E-state index in [1.807, 2.05) is 0 Å². The molecule has 1 atom stereocenters. The number of ether oxygens (including phenoxy) is 1. The molecule has 20 heavy (non-hydrogen) atoms. The molecule has 114 valence electrons. The van der Waals surface area contributed by atoms with Crippen molar-refractivity contribution in [2.45, 2.75) is 33.3 Å². The van der Waals surface area contributed by atoms with Crippen molar-refractivity contribution in [3.63, 3.8) is 0 Å². The van der Waals surface area contributed by atoms with Gasteiger partial charge in [0, 0.05) is 12.6 Å². The summed E-state index contributed by atoms with van der Waals surface area (Å²) in [5, 5.41) is 14.0. The Labute approximate surface area is 131 Å². The zero-order valence-corrected chi connectivity index (χ0v) is 13.8. The molecule has 1 aromatic rings. The molecule has 0 saturated heterocycles. The fraction of sp³-hybridized carbons (Fsp3) is 0.600. The Morgan fingerprint density at radius 2 is 1.95 bits per heavy atom. The minimum Gasteiger partial charge on any atom is -0.491 e. The summed E-state index contributed by atoms with van der Waals surface area (Å²) in [5.74, 6) is 0.605. The van der Waals surface area contributed by atoms with Gasteiger partial charge in [0.15, 0.2) is 0 Å². The van der Waals surface area contributed by atoms with Crippen LogP contribution in [0.25, 0.3) is 0 Å². The molecule has 0 fully saturated rings. The van der Waals surface area contributed by atoms with Crippen LogP contribution in [0.5, 0.6) is 5.75 Å². The summed E-state index contributed by atoms with van der Waals surface area (Å²) in [6.07, 6.45) is 0.511. The Morgan fingerprint density at radius 1 is 1.25 bits per heavy atom. The molecule has 1 rings (SSSR count). The smallest absolute Gasteiger partial charge is 0.121 e. The van der Waals surface area contributed by atoms with Gasteiger partial charge in [0.1, 0.15) is 18.5 Å². The lowest BCUT2D eigenvalue weighted by Gasteiger charge is -2.19. The number of benzene rings is 1. The number of aliphatic hydroxyl groups is 1. The molecule has 2 N–H and O–H groups in total. The summed E-state index contributed by atoms with van der Waals surface area (Å²) in [5.41, 5.74) is 0.300. The SMILES string of the molecule is CC(C)(C)CCNCC(O)COc1ccc(Cl)c(Cl)c1. The van der Waals surface area contributed by atoms with Crippen LogP contribution in [0.15, 0.2) is 18.2 Å². The third-order valence-corrected chi connectivity index (χ3v) is 3.50. The third-order valence-electron chi connectivity index (χ3n) is 2.77. The molecular formula is C15H23Cl2NO2. The maximum absolute atomic E-state index is 9.82. The first kappa shape index (κ1) is 17.6. The van der Waals surface area contributed by atoms with Crippen molar-refractivity contribution in [1.29, 1.82) is 0 Å². The molecule has 0 aliphatic heterocycles. The molecule has 0 aromatic heterocycles. The van der Waals surface area contributed by atoms with Crippen molar-refractivity contribution < 1.29 is 9.84 Å². The summed E-state index contributed by atoms with van der Waals surface area (Å²) >= 11 is 11.7. The van der Waals surface area contributed by atoms with Crippen LogP contribution < -0.4 is 10.1 Å². The number of nitrogens with one attached hydrogen (secondary N) is 1. The molecule has 0 amide bonds. The second-order valence-corrected chi connectivity index (χ2v) is 6.87. The molecule has 0 aliphatic carbocycles. The largest absolute Gasteiger partial charge is 0.491 e. The molecule has 0 aliphatic rings. The van der Waals surface area contributed by atoms with Gasteiger partial charge in [-0.15, -0.1) is 0 Å². The molecule has 5 heteroatoms. The van der Waals surface area contributed by atoms with E-state index in [0.717, 1.165) is 13.0 Å². The van der Waals surface area contributed by atoms with Gasteiger partial charge in [-0.25, -0.2) is 0 Å². The lowest BCUT2D eigenvalue weighted by molar-refractivity contribution is 0.106. The Hall–Kier alpha value is -0.480. The first-order valence-corrected chi connectivity index (χ1v) is 7.50. The van der Waals surface area contributed by atoms with Gasteiger partial charge in [-0.2, -0.15) is 0 Å². The zero-order valence-electron chi connectivity index (χ0n) is 12.2. The van der Waals surface area contributed by atoms with Gasteiger partial charge in [-0.3, -0.25) is 0 Å². The lowest BCUT2D eigenvalue weighted by Crippen LogP contribution is -2.33. The van der Waals surface area contributed by atoms with E-state index in [2.05, 4.69) is 26.1 Å². The first-order valence-electron chi connectivity index (χ1n) is 6.74. The predicted octanol–water partition coefficient (Wildman–Crippen LogP) is 3.76. The molecule has 0 heterocycles. The van der Waals surface area contributed by atoms with E-state index < -0.39 is 6.10 Å². The maximum atomic E-state index is 9.82. The summed E-state index contributed by atoms with van der Waals surface area (Å²) in [6.45, 7) is 8.20. The first-order chi connectivity index (χ1) is 9.28. The Balaban J connectivity index is 2.22. The second-order valence-electron chi connectivity index (χ2n) is 6.06. The number of halogens is 2. The molecule has 1 unspecified atom stereocenters. The minimum absolute atomic E-state index is 0.223. The zero-order chi connectivity index (χ0) is 15.2. The van der Waals surface area contributed by atoms with E-state index in [1.54, 1.807) is 18.2 Å². The summed E-state index contributed by atoms with van der Waals surface area (Å²) in [7, 11) is 0. The predicted molar refractivity (Wildman–Crippen MR) is 84.9 cm³/mol. The highest BCUT2D eigenvalue weighted by Gasteiger charge is 2.10. The Kier molecular flexibility index (Phi) is 7.10. The molecule has 1 aromatic carbocycles. The number of hydrogen-bond donors (Lipinski definition) is 2. The maximum Gasteiger partial charge on any atom is 0.121 e. The molecule has 0 radical (unpaired) electrons. The average Bonchev–Trinajstić information content (AvgIpc) is 2.35. The quantitative estimate of drug-likeness (QED) is 0.752. The monoisotopic (exact) mass is 319 g/mol. The average molecular weight is 320 g/mol. The van der Waals surface area contributed by atoms with Gasteiger partial charge in [0.25, 0.3) is 0 Å². The van der Waals surface area contributed by atoms with Gasteiger partial charge < -0.3 is 15.2 Å². The van der Waals surface area contributed by atoms with Crippen molar-refractivity contribution >= 4 is 23.2 Å². The van der Waals surface area contributed by atoms with E-state index >= 15 is 0 Å². The van der Waals surface area contributed by atoms with Crippen LogP contribution in [-0.4, -0.2) is 30.9 Å². The highest BCUT2D eigenvalue weighted by molar-refractivity contribution is 6.42. The van der Waals surface area contributed by atoms with Crippen LogP contribution in [0.2, 0.25) is 10.0 Å². The number of rotatable bonds is 7.